The Hall–Kier alpha value is -1.32. The van der Waals surface area contributed by atoms with Gasteiger partial charge in [0, 0.05) is 0 Å². The van der Waals surface area contributed by atoms with Gasteiger partial charge in [0.05, 0.1) is 0 Å². The number of hydrogen-bond donors (Lipinski definition) is 2. The molecule has 84 valence electrons. The predicted molar refractivity (Wildman–Crippen MR) is 54.5 cm³/mol. The number of aliphatic carboxylic acids is 2. The van der Waals surface area contributed by atoms with Gasteiger partial charge in [0.2, 0.25) is 0 Å². The molecule has 0 unspecified atom stereocenters. The summed E-state index contributed by atoms with van der Waals surface area (Å²) in [4.78, 5) is 21.2. The van der Waals surface area contributed by atoms with Gasteiger partial charge >= 0.3 is 11.9 Å². The summed E-state index contributed by atoms with van der Waals surface area (Å²) in [6, 6.07) is 0. The molecule has 0 spiro atoms. The molecule has 1 rings (SSSR count). The Kier molecular flexibility index (Phi) is 4.34. The Bertz CT molecular complexity index is 266. The van der Waals surface area contributed by atoms with E-state index in [1.54, 1.807) is 0 Å². The Balaban J connectivity index is 2.42. The van der Waals surface area contributed by atoms with E-state index in [2.05, 4.69) is 6.08 Å². The number of allylic oxidation sites excluding steroid dienone is 2. The van der Waals surface area contributed by atoms with Crippen molar-refractivity contribution in [2.75, 3.05) is 0 Å². The molecule has 0 aromatic rings. The fraction of sp³-hybridized carbons (Fsp3) is 0.636. The van der Waals surface area contributed by atoms with Crippen LogP contribution >= 0.6 is 0 Å². The minimum absolute atomic E-state index is 0.205. The molecular weight excluding hydrogens is 196 g/mol. The zero-order valence-corrected chi connectivity index (χ0v) is 8.61. The molecule has 0 bridgehead atoms. The van der Waals surface area contributed by atoms with Crippen molar-refractivity contribution >= 4 is 11.9 Å². The van der Waals surface area contributed by atoms with Gasteiger partial charge in [-0.3, -0.25) is 9.59 Å². The summed E-state index contributed by atoms with van der Waals surface area (Å²) >= 11 is 0. The third kappa shape index (κ3) is 3.73. The van der Waals surface area contributed by atoms with Crippen LogP contribution in [0.4, 0.5) is 0 Å². The second-order valence-electron chi connectivity index (χ2n) is 3.88. The van der Waals surface area contributed by atoms with Crippen LogP contribution in [0.1, 0.15) is 38.5 Å². The maximum absolute atomic E-state index is 10.6. The molecule has 0 saturated heterocycles. The van der Waals surface area contributed by atoms with Crippen LogP contribution in [0.2, 0.25) is 0 Å². The van der Waals surface area contributed by atoms with Crippen molar-refractivity contribution in [3.05, 3.63) is 11.6 Å². The van der Waals surface area contributed by atoms with E-state index in [0.29, 0.717) is 6.42 Å². The first-order valence-corrected chi connectivity index (χ1v) is 5.25. The van der Waals surface area contributed by atoms with Crippen LogP contribution in [0.15, 0.2) is 11.6 Å². The van der Waals surface area contributed by atoms with Crippen LogP contribution in [-0.4, -0.2) is 22.2 Å². The molecule has 0 fully saturated rings. The highest BCUT2D eigenvalue weighted by Gasteiger charge is 2.25. The molecular formula is C11H16O4. The highest BCUT2D eigenvalue weighted by molar-refractivity contribution is 5.92. The van der Waals surface area contributed by atoms with Gasteiger partial charge in [0.1, 0.15) is 0 Å². The van der Waals surface area contributed by atoms with Crippen molar-refractivity contribution in [1.29, 1.82) is 0 Å². The molecule has 2 N–H and O–H groups in total. The molecule has 0 radical (unpaired) electrons. The van der Waals surface area contributed by atoms with Gasteiger partial charge in [-0.05, 0) is 38.5 Å². The van der Waals surface area contributed by atoms with Gasteiger partial charge in [0.15, 0.2) is 5.92 Å². The maximum atomic E-state index is 10.6. The van der Waals surface area contributed by atoms with Crippen molar-refractivity contribution in [1.82, 2.24) is 0 Å². The third-order valence-corrected chi connectivity index (χ3v) is 2.74. The van der Waals surface area contributed by atoms with Gasteiger partial charge in [-0.1, -0.05) is 11.6 Å². The van der Waals surface area contributed by atoms with Crippen LogP contribution in [-0.2, 0) is 9.59 Å². The smallest absolute Gasteiger partial charge is 0.317 e. The molecule has 4 heteroatoms. The van der Waals surface area contributed by atoms with Gasteiger partial charge in [-0.25, -0.2) is 0 Å². The fourth-order valence-electron chi connectivity index (χ4n) is 1.81. The first-order valence-electron chi connectivity index (χ1n) is 5.25. The van der Waals surface area contributed by atoms with Gasteiger partial charge < -0.3 is 10.2 Å². The number of rotatable bonds is 5. The average molecular weight is 212 g/mol. The highest BCUT2D eigenvalue weighted by atomic mass is 16.4. The average Bonchev–Trinajstić information content (AvgIpc) is 2.18. The third-order valence-electron chi connectivity index (χ3n) is 2.74. The van der Waals surface area contributed by atoms with Crippen LogP contribution in [0.3, 0.4) is 0 Å². The fourth-order valence-corrected chi connectivity index (χ4v) is 1.81. The molecule has 0 saturated carbocycles. The van der Waals surface area contributed by atoms with Crippen molar-refractivity contribution in [3.8, 4) is 0 Å². The van der Waals surface area contributed by atoms with E-state index >= 15 is 0 Å². The summed E-state index contributed by atoms with van der Waals surface area (Å²) in [5.41, 5.74) is 1.22. The van der Waals surface area contributed by atoms with E-state index in [0.717, 1.165) is 19.3 Å². The second kappa shape index (κ2) is 5.53. The second-order valence-corrected chi connectivity index (χ2v) is 3.88. The molecule has 0 amide bonds. The normalized spacial score (nSPS) is 16.2. The number of hydrogen-bond acceptors (Lipinski definition) is 2. The largest absolute Gasteiger partial charge is 0.481 e. The minimum atomic E-state index is -1.26. The van der Waals surface area contributed by atoms with Crippen molar-refractivity contribution in [2.24, 2.45) is 5.92 Å². The lowest BCUT2D eigenvalue weighted by atomic mass is 9.92. The number of carboxylic acid groups (broad SMARTS) is 2. The zero-order chi connectivity index (χ0) is 11.3. The molecule has 0 aromatic heterocycles. The van der Waals surface area contributed by atoms with E-state index in [1.807, 2.05) is 0 Å². The standard InChI is InChI=1S/C11H16O4/c12-10(13)9(11(14)15)7-6-8-4-2-1-3-5-8/h4,9H,1-3,5-7H2,(H,12,13)(H,14,15). The van der Waals surface area contributed by atoms with Crippen molar-refractivity contribution in [3.63, 3.8) is 0 Å². The molecule has 0 aliphatic heterocycles. The zero-order valence-electron chi connectivity index (χ0n) is 8.61. The lowest BCUT2D eigenvalue weighted by molar-refractivity contribution is -0.154. The molecule has 0 aromatic carbocycles. The topological polar surface area (TPSA) is 74.6 Å². The summed E-state index contributed by atoms with van der Waals surface area (Å²) in [5, 5.41) is 17.3. The number of carbonyl (C=O) groups is 2. The van der Waals surface area contributed by atoms with E-state index in [-0.39, 0.29) is 6.42 Å². The first kappa shape index (κ1) is 11.8. The Morgan fingerprint density at radius 2 is 1.93 bits per heavy atom. The van der Waals surface area contributed by atoms with Crippen LogP contribution in [0.25, 0.3) is 0 Å². The molecule has 0 atom stereocenters. The van der Waals surface area contributed by atoms with Crippen LogP contribution < -0.4 is 0 Å². The van der Waals surface area contributed by atoms with Crippen LogP contribution in [0, 0.1) is 5.92 Å². The Labute approximate surface area is 88.6 Å². The summed E-state index contributed by atoms with van der Waals surface area (Å²) in [6.45, 7) is 0. The van der Waals surface area contributed by atoms with Gasteiger partial charge in [-0.15, -0.1) is 0 Å². The van der Waals surface area contributed by atoms with Crippen LogP contribution in [0.5, 0.6) is 0 Å². The van der Waals surface area contributed by atoms with E-state index in [9.17, 15) is 9.59 Å². The Morgan fingerprint density at radius 3 is 2.40 bits per heavy atom. The summed E-state index contributed by atoms with van der Waals surface area (Å²) in [5.74, 6) is -3.73. The lowest BCUT2D eigenvalue weighted by Gasteiger charge is -2.13. The highest BCUT2D eigenvalue weighted by Crippen LogP contribution is 2.23. The minimum Gasteiger partial charge on any atom is -0.481 e. The van der Waals surface area contributed by atoms with Gasteiger partial charge in [-0.2, -0.15) is 0 Å². The first-order chi connectivity index (χ1) is 7.11. The monoisotopic (exact) mass is 212 g/mol. The molecule has 1 aliphatic carbocycles. The lowest BCUT2D eigenvalue weighted by Crippen LogP contribution is -2.23. The molecule has 4 nitrogen and oxygen atoms in total. The van der Waals surface area contributed by atoms with E-state index in [4.69, 9.17) is 10.2 Å². The van der Waals surface area contributed by atoms with Crippen molar-refractivity contribution < 1.29 is 19.8 Å². The molecule has 0 heterocycles. The molecule has 1 aliphatic rings. The van der Waals surface area contributed by atoms with E-state index < -0.39 is 17.9 Å². The summed E-state index contributed by atoms with van der Waals surface area (Å²) in [6.07, 6.45) is 7.28. The summed E-state index contributed by atoms with van der Waals surface area (Å²) in [7, 11) is 0. The van der Waals surface area contributed by atoms with Gasteiger partial charge in [0.25, 0.3) is 0 Å². The summed E-state index contributed by atoms with van der Waals surface area (Å²) < 4.78 is 0. The predicted octanol–water partition coefficient (Wildman–Crippen LogP) is 2.05. The van der Waals surface area contributed by atoms with Crippen molar-refractivity contribution in [2.45, 2.75) is 38.5 Å². The van der Waals surface area contributed by atoms with E-state index in [1.165, 1.54) is 12.0 Å². The number of carboxylic acids is 2. The Morgan fingerprint density at radius 1 is 1.27 bits per heavy atom. The SMILES string of the molecule is O=C(O)C(CCC1=CCCCC1)C(=O)O. The quantitative estimate of drug-likeness (QED) is 0.540. The maximum Gasteiger partial charge on any atom is 0.317 e. The molecule has 15 heavy (non-hydrogen) atoms.